The van der Waals surface area contributed by atoms with Crippen LogP contribution < -0.4 is 5.56 Å². The maximum Gasteiger partial charge on any atom is 0.305 e. The molecular weight excluding hydrogens is 430 g/mol. The number of aromatic nitrogens is 2. The van der Waals surface area contributed by atoms with Crippen LogP contribution in [0.3, 0.4) is 0 Å². The van der Waals surface area contributed by atoms with Crippen molar-refractivity contribution >= 4 is 22.8 Å². The van der Waals surface area contributed by atoms with E-state index < -0.39 is 6.04 Å². The van der Waals surface area contributed by atoms with Gasteiger partial charge in [0.2, 0.25) is 0 Å². The summed E-state index contributed by atoms with van der Waals surface area (Å²) in [6.07, 6.45) is 0.350. The maximum atomic E-state index is 13.9. The lowest BCUT2D eigenvalue weighted by Crippen LogP contribution is -2.35. The Morgan fingerprint density at radius 2 is 1.65 bits per heavy atom. The second-order valence-electron chi connectivity index (χ2n) is 8.19. The van der Waals surface area contributed by atoms with Gasteiger partial charge in [-0.1, -0.05) is 54.6 Å². The Kier molecular flexibility index (Phi) is 5.67. The number of para-hydroxylation sites is 2. The molecule has 5 rings (SSSR count). The molecule has 1 unspecified atom stereocenters. The fourth-order valence-corrected chi connectivity index (χ4v) is 4.50. The number of methoxy groups -OCH3 is 1. The van der Waals surface area contributed by atoms with Crippen LogP contribution in [0.5, 0.6) is 0 Å². The minimum Gasteiger partial charge on any atom is -0.469 e. The Bertz CT molecular complexity index is 1450. The first-order chi connectivity index (χ1) is 16.6. The van der Waals surface area contributed by atoms with E-state index in [0.717, 1.165) is 5.56 Å². The molecule has 7 heteroatoms. The first kappa shape index (κ1) is 21.6. The van der Waals surface area contributed by atoms with Crippen molar-refractivity contribution < 1.29 is 14.3 Å². The summed E-state index contributed by atoms with van der Waals surface area (Å²) in [6.45, 7) is 0.308. The monoisotopic (exact) mass is 453 g/mol. The molecular formula is C27H23N3O4. The molecule has 0 fully saturated rings. The molecule has 170 valence electrons. The van der Waals surface area contributed by atoms with Gasteiger partial charge < -0.3 is 9.64 Å². The number of hydrogen-bond acceptors (Lipinski definition) is 5. The molecule has 0 spiro atoms. The third kappa shape index (κ3) is 3.75. The number of carbonyl (C=O) groups is 2. The van der Waals surface area contributed by atoms with Crippen LogP contribution in [0.2, 0.25) is 0 Å². The highest BCUT2D eigenvalue weighted by atomic mass is 16.5. The molecule has 0 N–H and O–H groups in total. The minimum atomic E-state index is -0.614. The molecule has 3 aromatic carbocycles. The van der Waals surface area contributed by atoms with Gasteiger partial charge in [0.1, 0.15) is 5.82 Å². The largest absolute Gasteiger partial charge is 0.469 e. The third-order valence-corrected chi connectivity index (χ3v) is 6.16. The van der Waals surface area contributed by atoms with Crippen LogP contribution in [0.1, 0.15) is 40.6 Å². The van der Waals surface area contributed by atoms with Gasteiger partial charge in [0, 0.05) is 13.0 Å². The Morgan fingerprint density at radius 3 is 2.44 bits per heavy atom. The van der Waals surface area contributed by atoms with Crippen LogP contribution in [-0.4, -0.2) is 33.4 Å². The van der Waals surface area contributed by atoms with Crippen molar-refractivity contribution in [2.45, 2.75) is 25.4 Å². The standard InChI is InChI=1S/C27H23N3O4/c1-34-24(31)16-15-23-25-28-21-13-7-5-11-19(21)27(33)30(25)22-14-8-6-12-20(22)26(32)29(23)17-18-9-3-2-4-10-18/h2-14,23H,15-17H2,1H3. The van der Waals surface area contributed by atoms with E-state index in [2.05, 4.69) is 0 Å². The Hall–Kier alpha value is -4.26. The predicted octanol–water partition coefficient (Wildman–Crippen LogP) is 4.04. The molecule has 2 heterocycles. The summed E-state index contributed by atoms with van der Waals surface area (Å²) in [5, 5.41) is 0.469. The van der Waals surface area contributed by atoms with Gasteiger partial charge in [-0.2, -0.15) is 0 Å². The van der Waals surface area contributed by atoms with Crippen LogP contribution in [-0.2, 0) is 16.1 Å². The van der Waals surface area contributed by atoms with Crippen molar-refractivity contribution in [3.63, 3.8) is 0 Å². The first-order valence-corrected chi connectivity index (χ1v) is 11.1. The van der Waals surface area contributed by atoms with E-state index in [1.54, 1.807) is 47.4 Å². The highest BCUT2D eigenvalue weighted by Gasteiger charge is 2.36. The smallest absolute Gasteiger partial charge is 0.305 e. The van der Waals surface area contributed by atoms with Gasteiger partial charge in [0.15, 0.2) is 0 Å². The van der Waals surface area contributed by atoms with Crippen molar-refractivity contribution in [1.29, 1.82) is 0 Å². The molecule has 4 aromatic rings. The van der Waals surface area contributed by atoms with Crippen LogP contribution in [0, 0.1) is 0 Å². The average molecular weight is 453 g/mol. The summed E-state index contributed by atoms with van der Waals surface area (Å²) in [5.41, 5.74) is 2.15. The zero-order valence-electron chi connectivity index (χ0n) is 18.7. The number of benzene rings is 3. The Labute approximate surface area is 196 Å². The SMILES string of the molecule is COC(=O)CCC1c2nc3ccccc3c(=O)n2-c2ccccc2C(=O)N1Cc1ccccc1. The molecule has 0 saturated carbocycles. The van der Waals surface area contributed by atoms with Gasteiger partial charge >= 0.3 is 5.97 Å². The predicted molar refractivity (Wildman–Crippen MR) is 128 cm³/mol. The number of amides is 1. The zero-order chi connectivity index (χ0) is 23.7. The van der Waals surface area contributed by atoms with E-state index in [4.69, 9.17) is 9.72 Å². The summed E-state index contributed by atoms with van der Waals surface area (Å²) in [5.74, 6) is -0.173. The quantitative estimate of drug-likeness (QED) is 0.426. The van der Waals surface area contributed by atoms with Crippen molar-refractivity contribution in [3.05, 3.63) is 106 Å². The minimum absolute atomic E-state index is 0.0821. The molecule has 1 aliphatic rings. The summed E-state index contributed by atoms with van der Waals surface area (Å²) in [7, 11) is 1.34. The van der Waals surface area contributed by atoms with Crippen LogP contribution >= 0.6 is 0 Å². The fraction of sp³-hybridized carbons (Fsp3) is 0.185. The average Bonchev–Trinajstić information content (AvgIpc) is 2.97. The molecule has 1 aliphatic heterocycles. The molecule has 0 radical (unpaired) electrons. The summed E-state index contributed by atoms with van der Waals surface area (Å²) in [4.78, 5) is 46.3. The molecule has 0 bridgehead atoms. The number of carbonyl (C=O) groups excluding carboxylic acids is 2. The lowest BCUT2D eigenvalue weighted by molar-refractivity contribution is -0.141. The molecule has 34 heavy (non-hydrogen) atoms. The number of ether oxygens (including phenoxy) is 1. The highest BCUT2D eigenvalue weighted by Crippen LogP contribution is 2.34. The van der Waals surface area contributed by atoms with E-state index in [1.165, 1.54) is 11.7 Å². The van der Waals surface area contributed by atoms with Crippen LogP contribution in [0.4, 0.5) is 0 Å². The van der Waals surface area contributed by atoms with Gasteiger partial charge in [-0.15, -0.1) is 0 Å². The fourth-order valence-electron chi connectivity index (χ4n) is 4.50. The number of hydrogen-bond donors (Lipinski definition) is 0. The van der Waals surface area contributed by atoms with Gasteiger partial charge in [-0.25, -0.2) is 4.98 Å². The highest BCUT2D eigenvalue weighted by molar-refractivity contribution is 5.99. The van der Waals surface area contributed by atoms with E-state index in [0.29, 0.717) is 34.5 Å². The normalized spacial score (nSPS) is 14.9. The third-order valence-electron chi connectivity index (χ3n) is 6.16. The zero-order valence-corrected chi connectivity index (χ0v) is 18.7. The van der Waals surface area contributed by atoms with Gasteiger partial charge in [-0.3, -0.25) is 19.0 Å². The van der Waals surface area contributed by atoms with Crippen molar-refractivity contribution in [2.75, 3.05) is 7.11 Å². The summed E-state index contributed by atoms with van der Waals surface area (Å²) in [6, 6.07) is 23.2. The van der Waals surface area contributed by atoms with Crippen molar-refractivity contribution in [3.8, 4) is 5.69 Å². The van der Waals surface area contributed by atoms with Crippen LogP contribution in [0.25, 0.3) is 16.6 Å². The molecule has 1 amide bonds. The molecule has 1 aromatic heterocycles. The molecule has 0 saturated heterocycles. The van der Waals surface area contributed by atoms with E-state index in [-0.39, 0.29) is 30.3 Å². The van der Waals surface area contributed by atoms with Gasteiger partial charge in [-0.05, 0) is 36.2 Å². The van der Waals surface area contributed by atoms with Crippen molar-refractivity contribution in [2.24, 2.45) is 0 Å². The van der Waals surface area contributed by atoms with Gasteiger partial charge in [0.25, 0.3) is 11.5 Å². The lowest BCUT2D eigenvalue weighted by Gasteiger charge is -2.30. The first-order valence-electron chi connectivity index (χ1n) is 11.1. The Morgan fingerprint density at radius 1 is 0.941 bits per heavy atom. The molecule has 0 aliphatic carbocycles. The lowest BCUT2D eigenvalue weighted by atomic mass is 10.1. The van der Waals surface area contributed by atoms with E-state index in [9.17, 15) is 14.4 Å². The molecule has 1 atom stereocenters. The Balaban J connectivity index is 1.78. The summed E-state index contributed by atoms with van der Waals surface area (Å²) < 4.78 is 6.40. The topological polar surface area (TPSA) is 81.5 Å². The van der Waals surface area contributed by atoms with Crippen molar-refractivity contribution in [1.82, 2.24) is 14.5 Å². The summed E-state index contributed by atoms with van der Waals surface area (Å²) >= 11 is 0. The number of nitrogens with zero attached hydrogens (tertiary/aromatic N) is 3. The van der Waals surface area contributed by atoms with E-state index in [1.807, 2.05) is 36.4 Å². The van der Waals surface area contributed by atoms with E-state index >= 15 is 0 Å². The molecule has 7 nitrogen and oxygen atoms in total. The maximum absolute atomic E-state index is 13.9. The number of esters is 1. The van der Waals surface area contributed by atoms with Crippen LogP contribution in [0.15, 0.2) is 83.7 Å². The second kappa shape index (κ2) is 8.94. The number of fused-ring (bicyclic) bond motifs is 4. The second-order valence-corrected chi connectivity index (χ2v) is 8.19. The number of rotatable bonds is 5. The van der Waals surface area contributed by atoms with Gasteiger partial charge in [0.05, 0.1) is 35.3 Å².